The molecule has 1 atom stereocenters. The third-order valence-electron chi connectivity index (χ3n) is 3.47. The first kappa shape index (κ1) is 16.4. The monoisotopic (exact) mass is 305 g/mol. The van der Waals surface area contributed by atoms with Gasteiger partial charge in [-0.1, -0.05) is 19.4 Å². The summed E-state index contributed by atoms with van der Waals surface area (Å²) in [4.78, 5) is 14.7. The highest BCUT2D eigenvalue weighted by atomic mass is 16.5. The lowest BCUT2D eigenvalue weighted by Gasteiger charge is -2.17. The van der Waals surface area contributed by atoms with Crippen LogP contribution in [0.25, 0.3) is 10.9 Å². The topological polar surface area (TPSA) is 60.6 Å². The maximum atomic E-state index is 11.6. The number of benzene rings is 1. The van der Waals surface area contributed by atoms with Crippen molar-refractivity contribution in [3.8, 4) is 5.75 Å². The van der Waals surface area contributed by atoms with Crippen molar-refractivity contribution in [2.45, 2.75) is 32.8 Å². The Balaban J connectivity index is 2.16. The van der Waals surface area contributed by atoms with E-state index in [2.05, 4.69) is 11.9 Å². The summed E-state index contributed by atoms with van der Waals surface area (Å²) in [7, 11) is 1.36. The zero-order valence-electron chi connectivity index (χ0n) is 13.3. The van der Waals surface area contributed by atoms with E-state index in [4.69, 9.17) is 14.2 Å². The van der Waals surface area contributed by atoms with Gasteiger partial charge in [-0.3, -0.25) is 0 Å². The highest BCUT2D eigenvalue weighted by Gasteiger charge is 2.14. The first-order valence-electron chi connectivity index (χ1n) is 7.64. The molecule has 0 bridgehead atoms. The van der Waals surface area contributed by atoms with Crippen LogP contribution in [0.5, 0.6) is 5.75 Å². The van der Waals surface area contributed by atoms with Crippen molar-refractivity contribution in [1.82, 2.24) is 4.98 Å². The van der Waals surface area contributed by atoms with Crippen LogP contribution in [0, 0.1) is 0 Å². The second-order valence-corrected chi connectivity index (χ2v) is 5.07. The number of aromatic nitrogens is 1. The van der Waals surface area contributed by atoms with Crippen LogP contribution in [0.3, 0.4) is 0 Å². The molecule has 1 unspecified atom stereocenters. The molecule has 1 aromatic carbocycles. The lowest BCUT2D eigenvalue weighted by molar-refractivity contribution is 0.0224. The van der Waals surface area contributed by atoms with Gasteiger partial charge in [-0.05, 0) is 31.5 Å². The predicted octanol–water partition coefficient (Wildman–Crippen LogP) is 3.54. The molecule has 0 spiro atoms. The van der Waals surface area contributed by atoms with Crippen LogP contribution in [0.2, 0.25) is 0 Å². The minimum atomic E-state index is -0.389. The first-order chi connectivity index (χ1) is 10.7. The molecule has 0 aliphatic rings. The van der Waals surface area contributed by atoms with E-state index >= 15 is 0 Å². The smallest absolute Gasteiger partial charge is 0.354 e. The molecule has 120 valence electrons. The Morgan fingerprint density at radius 1 is 1.32 bits per heavy atom. The van der Waals surface area contributed by atoms with E-state index in [0.29, 0.717) is 18.9 Å². The number of hydrogen-bond donors (Lipinski definition) is 1. The molecule has 1 aromatic heterocycles. The van der Waals surface area contributed by atoms with E-state index in [9.17, 15) is 4.79 Å². The third-order valence-corrected chi connectivity index (χ3v) is 3.47. The summed E-state index contributed by atoms with van der Waals surface area (Å²) in [5, 5.41) is 0.870. The fourth-order valence-corrected chi connectivity index (χ4v) is 2.43. The van der Waals surface area contributed by atoms with Gasteiger partial charge in [0.25, 0.3) is 0 Å². The highest BCUT2D eigenvalue weighted by Crippen LogP contribution is 2.27. The van der Waals surface area contributed by atoms with Gasteiger partial charge in [-0.25, -0.2) is 4.79 Å². The summed E-state index contributed by atoms with van der Waals surface area (Å²) >= 11 is 0. The summed E-state index contributed by atoms with van der Waals surface area (Å²) in [5.41, 5.74) is 1.27. The van der Waals surface area contributed by atoms with Crippen molar-refractivity contribution >= 4 is 16.9 Å². The van der Waals surface area contributed by atoms with E-state index in [-0.39, 0.29) is 12.1 Å². The quantitative estimate of drug-likeness (QED) is 0.758. The largest absolute Gasteiger partial charge is 0.490 e. The number of hydrogen-bond acceptors (Lipinski definition) is 4. The molecule has 1 N–H and O–H groups in total. The minimum absolute atomic E-state index is 0.0873. The van der Waals surface area contributed by atoms with Crippen LogP contribution in [0.1, 0.15) is 37.2 Å². The van der Waals surface area contributed by atoms with E-state index in [1.54, 1.807) is 6.07 Å². The number of aromatic amines is 1. The molecule has 2 aromatic rings. The molecule has 1 heterocycles. The number of carbonyl (C=O) groups is 1. The second kappa shape index (κ2) is 7.84. The molecule has 0 saturated carbocycles. The molecule has 0 aliphatic heterocycles. The van der Waals surface area contributed by atoms with E-state index in [0.717, 1.165) is 29.5 Å². The zero-order valence-corrected chi connectivity index (χ0v) is 13.3. The molecular formula is C17H23NO4. The van der Waals surface area contributed by atoms with Gasteiger partial charge in [0.2, 0.25) is 0 Å². The average Bonchev–Trinajstić information content (AvgIpc) is 2.97. The molecule has 0 amide bonds. The summed E-state index contributed by atoms with van der Waals surface area (Å²) in [6.07, 6.45) is 2.10. The van der Waals surface area contributed by atoms with Crippen LogP contribution >= 0.6 is 0 Å². The maximum absolute atomic E-state index is 11.6. The number of methoxy groups -OCH3 is 1. The van der Waals surface area contributed by atoms with Crippen LogP contribution in [-0.4, -0.2) is 37.4 Å². The van der Waals surface area contributed by atoms with Crippen LogP contribution < -0.4 is 4.74 Å². The Labute approximate surface area is 130 Å². The molecule has 5 heteroatoms. The van der Waals surface area contributed by atoms with Gasteiger partial charge in [-0.2, -0.15) is 0 Å². The Hall–Kier alpha value is -2.01. The van der Waals surface area contributed by atoms with Gasteiger partial charge in [0.1, 0.15) is 18.1 Å². The molecule has 0 fully saturated rings. The van der Waals surface area contributed by atoms with E-state index < -0.39 is 0 Å². The normalized spacial score (nSPS) is 12.3. The summed E-state index contributed by atoms with van der Waals surface area (Å²) in [5.74, 6) is 0.352. The van der Waals surface area contributed by atoms with Gasteiger partial charge >= 0.3 is 5.97 Å². The number of fused-ring (bicyclic) bond motifs is 1. The molecule has 22 heavy (non-hydrogen) atoms. The first-order valence-corrected chi connectivity index (χ1v) is 7.64. The van der Waals surface area contributed by atoms with Gasteiger partial charge in [0, 0.05) is 17.5 Å². The van der Waals surface area contributed by atoms with Crippen molar-refractivity contribution in [1.29, 1.82) is 0 Å². The zero-order chi connectivity index (χ0) is 15.9. The highest BCUT2D eigenvalue weighted by molar-refractivity contribution is 5.97. The lowest BCUT2D eigenvalue weighted by Crippen LogP contribution is -2.21. The standard InChI is InChI=1S/C17H23NO4/c1-4-7-12(21-5-2)11-22-16-9-6-8-14-13(16)10-15(18-14)17(19)20-3/h6,8-10,12,18H,4-5,7,11H2,1-3H3. The Bertz CT molecular complexity index is 614. The molecule has 5 nitrogen and oxygen atoms in total. The SMILES string of the molecule is CCCC(COc1cccc2[nH]c(C(=O)OC)cc12)OCC. The molecule has 0 radical (unpaired) electrons. The molecule has 0 aliphatic carbocycles. The van der Waals surface area contributed by atoms with Crippen molar-refractivity contribution in [2.24, 2.45) is 0 Å². The van der Waals surface area contributed by atoms with E-state index in [1.165, 1.54) is 7.11 Å². The maximum Gasteiger partial charge on any atom is 0.354 e. The number of ether oxygens (including phenoxy) is 3. The van der Waals surface area contributed by atoms with Crippen molar-refractivity contribution in [2.75, 3.05) is 20.3 Å². The molecule has 2 rings (SSSR count). The minimum Gasteiger partial charge on any atom is -0.490 e. The molecular weight excluding hydrogens is 282 g/mol. The van der Waals surface area contributed by atoms with Crippen LogP contribution in [0.15, 0.2) is 24.3 Å². The lowest BCUT2D eigenvalue weighted by atomic mass is 10.2. The van der Waals surface area contributed by atoms with Crippen LogP contribution in [-0.2, 0) is 9.47 Å². The third kappa shape index (κ3) is 3.80. The van der Waals surface area contributed by atoms with Crippen molar-refractivity contribution in [3.63, 3.8) is 0 Å². The fraction of sp³-hybridized carbons (Fsp3) is 0.471. The van der Waals surface area contributed by atoms with Gasteiger partial charge in [0.15, 0.2) is 0 Å². The summed E-state index contributed by atoms with van der Waals surface area (Å²) in [6.45, 7) is 5.29. The summed E-state index contributed by atoms with van der Waals surface area (Å²) < 4.78 is 16.3. The fourth-order valence-electron chi connectivity index (χ4n) is 2.43. The Kier molecular flexibility index (Phi) is 5.83. The Morgan fingerprint density at radius 2 is 2.14 bits per heavy atom. The van der Waals surface area contributed by atoms with Gasteiger partial charge < -0.3 is 19.2 Å². The van der Waals surface area contributed by atoms with Crippen LogP contribution in [0.4, 0.5) is 0 Å². The van der Waals surface area contributed by atoms with Gasteiger partial charge in [-0.15, -0.1) is 0 Å². The second-order valence-electron chi connectivity index (χ2n) is 5.07. The number of esters is 1. The summed E-state index contributed by atoms with van der Waals surface area (Å²) in [6, 6.07) is 7.45. The van der Waals surface area contributed by atoms with E-state index in [1.807, 2.05) is 25.1 Å². The predicted molar refractivity (Wildman–Crippen MR) is 85.5 cm³/mol. The van der Waals surface area contributed by atoms with Gasteiger partial charge in [0.05, 0.1) is 13.2 Å². The average molecular weight is 305 g/mol. The number of nitrogens with one attached hydrogen (secondary N) is 1. The number of rotatable bonds is 8. The number of carbonyl (C=O) groups excluding carboxylic acids is 1. The van der Waals surface area contributed by atoms with Crippen molar-refractivity contribution in [3.05, 3.63) is 30.0 Å². The number of H-pyrrole nitrogens is 1. The molecule has 0 saturated heterocycles. The Morgan fingerprint density at radius 3 is 2.82 bits per heavy atom. The van der Waals surface area contributed by atoms with Crippen molar-refractivity contribution < 1.29 is 19.0 Å².